The number of carbonyl (C=O) groups is 2. The minimum atomic E-state index is -4.58. The highest BCUT2D eigenvalue weighted by atomic mass is 35.5. The van der Waals surface area contributed by atoms with Crippen LogP contribution < -0.4 is 4.74 Å². The Kier molecular flexibility index (Phi) is 6.26. The number of hydrogen-bond acceptors (Lipinski definition) is 4. The van der Waals surface area contributed by atoms with E-state index in [2.05, 4.69) is 0 Å². The molecule has 0 N–H and O–H groups in total. The summed E-state index contributed by atoms with van der Waals surface area (Å²) >= 11 is 5.89. The number of benzene rings is 2. The molecule has 0 bridgehead atoms. The molecule has 2 aromatic rings. The van der Waals surface area contributed by atoms with E-state index in [4.69, 9.17) is 21.1 Å². The third-order valence-corrected chi connectivity index (χ3v) is 3.52. The number of carbonyl (C=O) groups excluding carboxylic acids is 2. The van der Waals surface area contributed by atoms with Crippen LogP contribution in [-0.4, -0.2) is 25.0 Å². The minimum Gasteiger partial charge on any atom is -0.481 e. The van der Waals surface area contributed by atoms with E-state index in [0.717, 1.165) is 18.2 Å². The molecule has 0 aliphatic carbocycles. The molecule has 0 aromatic heterocycles. The van der Waals surface area contributed by atoms with Crippen LogP contribution in [0.1, 0.15) is 28.4 Å². The molecule has 0 atom stereocenters. The van der Waals surface area contributed by atoms with Crippen LogP contribution >= 0.6 is 11.6 Å². The SMILES string of the molecule is CCOC(=O)COc1ccc(Cl)cc1C(=O)c1cccc(C(F)(F)F)c1. The number of ketones is 1. The Hall–Kier alpha value is -2.54. The zero-order chi connectivity index (χ0) is 19.3. The van der Waals surface area contributed by atoms with E-state index >= 15 is 0 Å². The topological polar surface area (TPSA) is 52.6 Å². The Labute approximate surface area is 152 Å². The summed E-state index contributed by atoms with van der Waals surface area (Å²) in [6.07, 6.45) is -4.58. The van der Waals surface area contributed by atoms with Crippen molar-refractivity contribution in [3.8, 4) is 5.75 Å². The first-order valence-corrected chi connectivity index (χ1v) is 7.90. The Morgan fingerprint density at radius 3 is 2.50 bits per heavy atom. The maximum absolute atomic E-state index is 12.9. The minimum absolute atomic E-state index is 0.0184. The van der Waals surface area contributed by atoms with Crippen molar-refractivity contribution in [3.63, 3.8) is 0 Å². The molecule has 138 valence electrons. The van der Waals surface area contributed by atoms with E-state index in [1.54, 1.807) is 6.92 Å². The van der Waals surface area contributed by atoms with Gasteiger partial charge in [0.05, 0.1) is 17.7 Å². The van der Waals surface area contributed by atoms with Gasteiger partial charge in [0, 0.05) is 10.6 Å². The Balaban J connectivity index is 2.33. The van der Waals surface area contributed by atoms with Gasteiger partial charge in [0.15, 0.2) is 12.4 Å². The van der Waals surface area contributed by atoms with Gasteiger partial charge < -0.3 is 9.47 Å². The maximum Gasteiger partial charge on any atom is 0.416 e. The zero-order valence-corrected chi connectivity index (χ0v) is 14.4. The lowest BCUT2D eigenvalue weighted by Crippen LogP contribution is -2.16. The molecule has 0 saturated carbocycles. The van der Waals surface area contributed by atoms with Crippen molar-refractivity contribution in [2.24, 2.45) is 0 Å². The molecule has 0 fully saturated rings. The van der Waals surface area contributed by atoms with Crippen molar-refractivity contribution < 1.29 is 32.2 Å². The van der Waals surface area contributed by atoms with Crippen molar-refractivity contribution >= 4 is 23.4 Å². The molecule has 0 saturated heterocycles. The summed E-state index contributed by atoms with van der Waals surface area (Å²) < 4.78 is 48.5. The lowest BCUT2D eigenvalue weighted by atomic mass is 10.0. The molecule has 0 heterocycles. The van der Waals surface area contributed by atoms with Gasteiger partial charge in [-0.05, 0) is 37.3 Å². The smallest absolute Gasteiger partial charge is 0.416 e. The molecule has 2 rings (SSSR count). The first-order chi connectivity index (χ1) is 12.2. The number of esters is 1. The highest BCUT2D eigenvalue weighted by Crippen LogP contribution is 2.31. The predicted octanol–water partition coefficient (Wildman–Crippen LogP) is 4.53. The van der Waals surface area contributed by atoms with Crippen LogP contribution in [-0.2, 0) is 15.7 Å². The van der Waals surface area contributed by atoms with Gasteiger partial charge in [-0.3, -0.25) is 4.79 Å². The van der Waals surface area contributed by atoms with Crippen molar-refractivity contribution in [3.05, 3.63) is 64.2 Å². The van der Waals surface area contributed by atoms with Crippen LogP contribution in [0.4, 0.5) is 13.2 Å². The van der Waals surface area contributed by atoms with E-state index in [-0.39, 0.29) is 28.5 Å². The number of ether oxygens (including phenoxy) is 2. The molecule has 0 spiro atoms. The van der Waals surface area contributed by atoms with E-state index in [0.29, 0.717) is 0 Å². The number of hydrogen-bond donors (Lipinski definition) is 0. The fourth-order valence-electron chi connectivity index (χ4n) is 2.14. The van der Waals surface area contributed by atoms with Gasteiger partial charge in [-0.1, -0.05) is 23.7 Å². The molecule has 0 radical (unpaired) electrons. The van der Waals surface area contributed by atoms with Gasteiger partial charge >= 0.3 is 12.1 Å². The van der Waals surface area contributed by atoms with E-state index in [1.165, 1.54) is 24.3 Å². The second kappa shape index (κ2) is 8.23. The van der Waals surface area contributed by atoms with Gasteiger partial charge in [0.2, 0.25) is 0 Å². The molecular formula is C18H14ClF3O4. The number of rotatable bonds is 6. The average molecular weight is 387 g/mol. The van der Waals surface area contributed by atoms with Gasteiger partial charge in [-0.15, -0.1) is 0 Å². The summed E-state index contributed by atoms with van der Waals surface area (Å²) in [7, 11) is 0. The van der Waals surface area contributed by atoms with Crippen LogP contribution in [0.15, 0.2) is 42.5 Å². The first-order valence-electron chi connectivity index (χ1n) is 7.52. The van der Waals surface area contributed by atoms with Crippen LogP contribution in [0, 0.1) is 0 Å². The van der Waals surface area contributed by atoms with Crippen molar-refractivity contribution in [2.45, 2.75) is 13.1 Å². The molecule has 0 unspecified atom stereocenters. The highest BCUT2D eigenvalue weighted by Gasteiger charge is 2.31. The lowest BCUT2D eigenvalue weighted by Gasteiger charge is -2.12. The zero-order valence-electron chi connectivity index (χ0n) is 13.6. The molecule has 8 heteroatoms. The van der Waals surface area contributed by atoms with E-state index in [9.17, 15) is 22.8 Å². The lowest BCUT2D eigenvalue weighted by molar-refractivity contribution is -0.145. The molecular weight excluding hydrogens is 373 g/mol. The largest absolute Gasteiger partial charge is 0.481 e. The fourth-order valence-corrected chi connectivity index (χ4v) is 2.31. The Morgan fingerprint density at radius 2 is 1.85 bits per heavy atom. The number of halogens is 4. The summed E-state index contributed by atoms with van der Waals surface area (Å²) in [5.74, 6) is -1.33. The van der Waals surface area contributed by atoms with Crippen LogP contribution in [0.25, 0.3) is 0 Å². The third-order valence-electron chi connectivity index (χ3n) is 3.29. The summed E-state index contributed by atoms with van der Waals surface area (Å²) in [4.78, 5) is 24.1. The molecule has 0 aliphatic rings. The van der Waals surface area contributed by atoms with Crippen molar-refractivity contribution in [1.82, 2.24) is 0 Å². The van der Waals surface area contributed by atoms with Crippen LogP contribution in [0.3, 0.4) is 0 Å². The Morgan fingerprint density at radius 1 is 1.12 bits per heavy atom. The van der Waals surface area contributed by atoms with Gasteiger partial charge in [-0.2, -0.15) is 13.2 Å². The van der Waals surface area contributed by atoms with Crippen molar-refractivity contribution in [2.75, 3.05) is 13.2 Å². The summed E-state index contributed by atoms with van der Waals surface area (Å²) in [5, 5.41) is 0.198. The second-order valence-electron chi connectivity index (χ2n) is 5.14. The average Bonchev–Trinajstić information content (AvgIpc) is 2.59. The quantitative estimate of drug-likeness (QED) is 0.540. The third kappa shape index (κ3) is 4.98. The highest BCUT2D eigenvalue weighted by molar-refractivity contribution is 6.31. The molecule has 0 amide bonds. The van der Waals surface area contributed by atoms with Gasteiger partial charge in [-0.25, -0.2) is 4.79 Å². The summed E-state index contributed by atoms with van der Waals surface area (Å²) in [6, 6.07) is 8.08. The fraction of sp³-hybridized carbons (Fsp3) is 0.222. The normalized spacial score (nSPS) is 11.1. The predicted molar refractivity (Wildman–Crippen MR) is 88.5 cm³/mol. The first kappa shape index (κ1) is 19.8. The van der Waals surface area contributed by atoms with Crippen molar-refractivity contribution in [1.29, 1.82) is 0 Å². The standard InChI is InChI=1S/C18H14ClF3O4/c1-2-25-16(23)10-26-15-7-6-13(19)9-14(15)17(24)11-4-3-5-12(8-11)18(20,21)22/h3-9H,2,10H2,1H3. The van der Waals surface area contributed by atoms with Gasteiger partial charge in [0.25, 0.3) is 0 Å². The Bertz CT molecular complexity index is 818. The van der Waals surface area contributed by atoms with Crippen LogP contribution in [0.2, 0.25) is 5.02 Å². The van der Waals surface area contributed by atoms with E-state index in [1.807, 2.05) is 0 Å². The summed E-state index contributed by atoms with van der Waals surface area (Å²) in [5.41, 5.74) is -1.18. The van der Waals surface area contributed by atoms with E-state index < -0.39 is 30.1 Å². The summed E-state index contributed by atoms with van der Waals surface area (Å²) in [6.45, 7) is 1.35. The molecule has 0 aliphatic heterocycles. The van der Waals surface area contributed by atoms with Gasteiger partial charge in [0.1, 0.15) is 5.75 Å². The molecule has 26 heavy (non-hydrogen) atoms. The monoisotopic (exact) mass is 386 g/mol. The maximum atomic E-state index is 12.9. The second-order valence-corrected chi connectivity index (χ2v) is 5.58. The molecule has 2 aromatic carbocycles. The van der Waals surface area contributed by atoms with Crippen LogP contribution in [0.5, 0.6) is 5.75 Å². The number of alkyl halides is 3. The molecule has 4 nitrogen and oxygen atoms in total.